The van der Waals surface area contributed by atoms with Gasteiger partial charge in [0.2, 0.25) is 0 Å². The second kappa shape index (κ2) is 9.07. The van der Waals surface area contributed by atoms with E-state index in [-0.39, 0.29) is 6.04 Å². The molecule has 0 spiro atoms. The maximum atomic E-state index is 10.9. The van der Waals surface area contributed by atoms with E-state index in [0.29, 0.717) is 17.3 Å². The highest BCUT2D eigenvalue weighted by molar-refractivity contribution is 7.14. The van der Waals surface area contributed by atoms with Crippen molar-refractivity contribution in [3.05, 3.63) is 47.4 Å². The highest BCUT2D eigenvalue weighted by atomic mass is 32.1. The number of nitrogens with zero attached hydrogens (tertiary/aromatic N) is 6. The summed E-state index contributed by atoms with van der Waals surface area (Å²) in [6, 6.07) is 7.79. The summed E-state index contributed by atoms with van der Waals surface area (Å²) in [5.41, 5.74) is 2.99. The standard InChI is InChI=1S/C23H22N8O2S/c1-25-18-9-19(31-7-6-15-8-13(10-24)11-27-20(15)31)26-12-17(18)22-30-29-21(34-22)14-2-4-16(5-3-14)28-23(32)33/h6-9,11-12,14,16,28H,2-5H2,1H3,(H,25,26)(H,32,33). The molecule has 11 heteroatoms. The molecule has 4 aromatic rings. The first kappa shape index (κ1) is 21.8. The Hall–Kier alpha value is -4.04. The van der Waals surface area contributed by atoms with Gasteiger partial charge in [-0.3, -0.25) is 4.57 Å². The minimum absolute atomic E-state index is 0.0135. The first-order valence-electron chi connectivity index (χ1n) is 10.9. The molecule has 5 rings (SSSR count). The van der Waals surface area contributed by atoms with Crippen LogP contribution in [-0.2, 0) is 0 Å². The van der Waals surface area contributed by atoms with E-state index < -0.39 is 6.09 Å². The largest absolute Gasteiger partial charge is 0.465 e. The predicted octanol–water partition coefficient (Wildman–Crippen LogP) is 4.15. The Morgan fingerprint density at radius 2 is 2.03 bits per heavy atom. The molecule has 4 heterocycles. The normalized spacial score (nSPS) is 17.9. The van der Waals surface area contributed by atoms with Crippen LogP contribution in [-0.4, -0.2) is 49.0 Å². The number of carboxylic acid groups (broad SMARTS) is 1. The third-order valence-electron chi connectivity index (χ3n) is 6.14. The fourth-order valence-electron chi connectivity index (χ4n) is 4.39. The van der Waals surface area contributed by atoms with Gasteiger partial charge in [-0.2, -0.15) is 5.26 Å². The number of rotatable bonds is 5. The van der Waals surface area contributed by atoms with Crippen LogP contribution in [0.1, 0.15) is 42.2 Å². The van der Waals surface area contributed by atoms with Gasteiger partial charge >= 0.3 is 6.09 Å². The van der Waals surface area contributed by atoms with Crippen molar-refractivity contribution in [3.8, 4) is 22.5 Å². The van der Waals surface area contributed by atoms with Gasteiger partial charge < -0.3 is 15.7 Å². The summed E-state index contributed by atoms with van der Waals surface area (Å²) in [6.45, 7) is 0. The van der Waals surface area contributed by atoms with Gasteiger partial charge in [-0.25, -0.2) is 14.8 Å². The summed E-state index contributed by atoms with van der Waals surface area (Å²) >= 11 is 1.56. The monoisotopic (exact) mass is 474 g/mol. The zero-order chi connectivity index (χ0) is 23.7. The summed E-state index contributed by atoms with van der Waals surface area (Å²) in [7, 11) is 1.85. The molecule has 34 heavy (non-hydrogen) atoms. The number of nitrogens with one attached hydrogen (secondary N) is 2. The van der Waals surface area contributed by atoms with Crippen LogP contribution in [0.2, 0.25) is 0 Å². The Balaban J connectivity index is 1.38. The molecule has 10 nitrogen and oxygen atoms in total. The van der Waals surface area contributed by atoms with Gasteiger partial charge in [-0.15, -0.1) is 10.2 Å². The quantitative estimate of drug-likeness (QED) is 0.392. The maximum Gasteiger partial charge on any atom is 0.404 e. The van der Waals surface area contributed by atoms with E-state index in [1.165, 1.54) is 0 Å². The summed E-state index contributed by atoms with van der Waals surface area (Å²) in [5.74, 6) is 0.994. The first-order chi connectivity index (χ1) is 16.6. The number of amides is 1. The van der Waals surface area contributed by atoms with Gasteiger partial charge in [0, 0.05) is 54.7 Å². The topological polar surface area (TPSA) is 142 Å². The molecule has 0 bridgehead atoms. The number of pyridine rings is 2. The molecule has 0 aromatic carbocycles. The lowest BCUT2D eigenvalue weighted by molar-refractivity contribution is 0.185. The smallest absolute Gasteiger partial charge is 0.404 e. The van der Waals surface area contributed by atoms with Crippen molar-refractivity contribution in [2.24, 2.45) is 0 Å². The Labute approximate surface area is 199 Å². The summed E-state index contributed by atoms with van der Waals surface area (Å²) in [5, 5.41) is 35.3. The van der Waals surface area contributed by atoms with Crippen LogP contribution >= 0.6 is 11.3 Å². The van der Waals surface area contributed by atoms with E-state index in [4.69, 9.17) is 10.4 Å². The second-order valence-electron chi connectivity index (χ2n) is 8.22. The molecule has 172 valence electrons. The molecule has 1 aliphatic rings. The Kier molecular flexibility index (Phi) is 5.81. The molecule has 1 fully saturated rings. The maximum absolute atomic E-state index is 10.9. The lowest BCUT2D eigenvalue weighted by Crippen LogP contribution is -2.36. The molecule has 0 saturated heterocycles. The highest BCUT2D eigenvalue weighted by Crippen LogP contribution is 2.38. The van der Waals surface area contributed by atoms with Gasteiger partial charge in [-0.1, -0.05) is 11.3 Å². The van der Waals surface area contributed by atoms with Crippen LogP contribution in [0.4, 0.5) is 10.5 Å². The van der Waals surface area contributed by atoms with Crippen LogP contribution in [0, 0.1) is 11.3 Å². The Morgan fingerprint density at radius 3 is 2.76 bits per heavy atom. The predicted molar refractivity (Wildman–Crippen MR) is 128 cm³/mol. The average Bonchev–Trinajstić information content (AvgIpc) is 3.51. The van der Waals surface area contributed by atoms with Gasteiger partial charge in [-0.05, 0) is 37.8 Å². The number of nitriles is 1. The average molecular weight is 475 g/mol. The van der Waals surface area contributed by atoms with Crippen molar-refractivity contribution in [3.63, 3.8) is 0 Å². The number of anilines is 1. The lowest BCUT2D eigenvalue weighted by atomic mass is 9.86. The molecule has 0 aliphatic heterocycles. The van der Waals surface area contributed by atoms with E-state index in [1.807, 2.05) is 29.9 Å². The number of carbonyl (C=O) groups is 1. The fraction of sp³-hybridized carbons (Fsp3) is 0.304. The number of hydrogen-bond donors (Lipinski definition) is 3. The minimum atomic E-state index is -0.965. The fourth-order valence-corrected chi connectivity index (χ4v) is 5.43. The molecule has 0 unspecified atom stereocenters. The number of aromatic nitrogens is 5. The van der Waals surface area contributed by atoms with Crippen molar-refractivity contribution >= 4 is 34.2 Å². The van der Waals surface area contributed by atoms with Crippen molar-refractivity contribution in [1.29, 1.82) is 5.26 Å². The van der Waals surface area contributed by atoms with E-state index in [9.17, 15) is 4.79 Å². The summed E-state index contributed by atoms with van der Waals surface area (Å²) in [6.07, 6.45) is 7.64. The van der Waals surface area contributed by atoms with Gasteiger partial charge in [0.15, 0.2) is 5.01 Å². The minimum Gasteiger partial charge on any atom is -0.465 e. The van der Waals surface area contributed by atoms with Crippen LogP contribution < -0.4 is 10.6 Å². The second-order valence-corrected chi connectivity index (χ2v) is 9.23. The number of fused-ring (bicyclic) bond motifs is 1. The van der Waals surface area contributed by atoms with E-state index in [2.05, 4.69) is 36.9 Å². The van der Waals surface area contributed by atoms with Crippen LogP contribution in [0.25, 0.3) is 27.4 Å². The zero-order valence-electron chi connectivity index (χ0n) is 18.4. The Bertz CT molecular complexity index is 1400. The van der Waals surface area contributed by atoms with E-state index in [1.54, 1.807) is 29.8 Å². The van der Waals surface area contributed by atoms with Crippen LogP contribution in [0.3, 0.4) is 0 Å². The van der Waals surface area contributed by atoms with Gasteiger partial charge in [0.25, 0.3) is 0 Å². The molecular formula is C23H22N8O2S. The lowest BCUT2D eigenvalue weighted by Gasteiger charge is -2.26. The number of hydrogen-bond acceptors (Lipinski definition) is 8. The molecule has 1 saturated carbocycles. The molecule has 0 radical (unpaired) electrons. The highest BCUT2D eigenvalue weighted by Gasteiger charge is 2.26. The SMILES string of the molecule is CNc1cc(-n2ccc3cc(C#N)cnc32)ncc1-c1nnc(C2CCC(NC(=O)O)CC2)s1. The van der Waals surface area contributed by atoms with Gasteiger partial charge in [0.05, 0.1) is 11.1 Å². The van der Waals surface area contributed by atoms with Crippen molar-refractivity contribution < 1.29 is 9.90 Å². The molecule has 0 atom stereocenters. The van der Waals surface area contributed by atoms with Crippen molar-refractivity contribution in [2.45, 2.75) is 37.6 Å². The third kappa shape index (κ3) is 4.15. The van der Waals surface area contributed by atoms with Gasteiger partial charge in [0.1, 0.15) is 22.5 Å². The van der Waals surface area contributed by atoms with Crippen molar-refractivity contribution in [2.75, 3.05) is 12.4 Å². The third-order valence-corrected chi connectivity index (χ3v) is 7.26. The van der Waals surface area contributed by atoms with E-state index in [0.717, 1.165) is 58.0 Å². The van der Waals surface area contributed by atoms with Crippen LogP contribution in [0.15, 0.2) is 36.8 Å². The zero-order valence-corrected chi connectivity index (χ0v) is 19.2. The van der Waals surface area contributed by atoms with Crippen LogP contribution in [0.5, 0.6) is 0 Å². The van der Waals surface area contributed by atoms with E-state index >= 15 is 0 Å². The van der Waals surface area contributed by atoms with Crippen molar-refractivity contribution in [1.82, 2.24) is 30.0 Å². The molecule has 1 amide bonds. The first-order valence-corrected chi connectivity index (χ1v) is 11.8. The Morgan fingerprint density at radius 1 is 1.21 bits per heavy atom. The molecular weight excluding hydrogens is 452 g/mol. The molecule has 4 aromatic heterocycles. The summed E-state index contributed by atoms with van der Waals surface area (Å²) < 4.78 is 1.89. The summed E-state index contributed by atoms with van der Waals surface area (Å²) in [4.78, 5) is 19.9. The molecule has 1 aliphatic carbocycles. The molecule has 3 N–H and O–H groups in total.